The number of halogens is 1. The number of hydrogen-bond acceptors (Lipinski definition) is 6. The first-order valence-electron chi connectivity index (χ1n) is 12.4. The third kappa shape index (κ3) is 7.61. The van der Waals surface area contributed by atoms with Gasteiger partial charge in [0.15, 0.2) is 0 Å². The lowest BCUT2D eigenvalue weighted by Gasteiger charge is -2.39. The maximum atomic E-state index is 11.4. The molecule has 0 aliphatic carbocycles. The zero-order chi connectivity index (χ0) is 26.9. The van der Waals surface area contributed by atoms with Crippen LogP contribution in [0, 0.1) is 0 Å². The van der Waals surface area contributed by atoms with E-state index in [4.69, 9.17) is 27.8 Å². The van der Waals surface area contributed by atoms with Crippen LogP contribution in [0.25, 0.3) is 0 Å². The van der Waals surface area contributed by atoms with Crippen LogP contribution < -0.4 is 16.2 Å². The molecule has 200 valence electrons. The molecule has 1 aliphatic heterocycles. The number of nitrogens with two attached hydrogens (primary N) is 2. The summed E-state index contributed by atoms with van der Waals surface area (Å²) in [5.41, 5.74) is 13.4. The second-order valence-electron chi connectivity index (χ2n) is 9.02. The summed E-state index contributed by atoms with van der Waals surface area (Å²) in [6.45, 7) is 5.14. The summed E-state index contributed by atoms with van der Waals surface area (Å²) in [6, 6.07) is 25.1. The number of ether oxygens (including phenoxy) is 1. The van der Waals surface area contributed by atoms with Crippen molar-refractivity contribution in [3.63, 3.8) is 0 Å². The molecule has 0 radical (unpaired) electrons. The van der Waals surface area contributed by atoms with Crippen molar-refractivity contribution in [2.24, 2.45) is 11.5 Å². The summed E-state index contributed by atoms with van der Waals surface area (Å²) < 4.78 is 5.93. The number of amides is 3. The average molecular weight is 538 g/mol. The van der Waals surface area contributed by atoms with Crippen molar-refractivity contribution in [2.45, 2.75) is 12.6 Å². The van der Waals surface area contributed by atoms with Crippen molar-refractivity contribution < 1.29 is 19.2 Å². The molecule has 4 rings (SSSR count). The van der Waals surface area contributed by atoms with Gasteiger partial charge in [-0.25, -0.2) is 9.59 Å². The molecule has 0 bridgehead atoms. The van der Waals surface area contributed by atoms with E-state index in [2.05, 4.69) is 51.0 Å². The van der Waals surface area contributed by atoms with Crippen molar-refractivity contribution in [1.29, 1.82) is 0 Å². The number of carbonyl (C=O) groups excluding carboxylic acids is 2. The smallest absolute Gasteiger partial charge is 0.429 e. The van der Waals surface area contributed by atoms with E-state index in [1.54, 1.807) is 24.3 Å². The van der Waals surface area contributed by atoms with Crippen molar-refractivity contribution >= 4 is 23.7 Å². The van der Waals surface area contributed by atoms with Gasteiger partial charge in [-0.3, -0.25) is 9.80 Å². The third-order valence-corrected chi connectivity index (χ3v) is 6.70. The van der Waals surface area contributed by atoms with Crippen LogP contribution in [0.5, 0.6) is 5.75 Å². The normalized spacial score (nSPS) is 15.0. The Labute approximate surface area is 227 Å². The molecule has 1 atom stereocenters. The van der Waals surface area contributed by atoms with E-state index in [-0.39, 0.29) is 12.6 Å². The Morgan fingerprint density at radius 2 is 1.50 bits per heavy atom. The highest BCUT2D eigenvalue weighted by Gasteiger charge is 2.26. The van der Waals surface area contributed by atoms with Crippen molar-refractivity contribution in [2.75, 3.05) is 39.3 Å². The van der Waals surface area contributed by atoms with E-state index in [9.17, 15) is 9.59 Å². The van der Waals surface area contributed by atoms with Crippen molar-refractivity contribution in [3.05, 3.63) is 101 Å². The highest BCUT2D eigenvalue weighted by molar-refractivity contribution is 6.30. The van der Waals surface area contributed by atoms with Crippen LogP contribution in [0.4, 0.5) is 9.59 Å². The minimum Gasteiger partial charge on any atom is -0.492 e. The molecule has 0 saturated carbocycles. The summed E-state index contributed by atoms with van der Waals surface area (Å²) in [6.07, 6.45) is -1.11. The van der Waals surface area contributed by atoms with Crippen LogP contribution >= 0.6 is 11.6 Å². The number of nitrogens with zero attached hydrogens (tertiary/aromatic N) is 3. The molecule has 10 heteroatoms. The van der Waals surface area contributed by atoms with E-state index in [0.717, 1.165) is 37.7 Å². The maximum Gasteiger partial charge on any atom is 0.429 e. The van der Waals surface area contributed by atoms with Gasteiger partial charge in [0, 0.05) is 37.7 Å². The molecule has 1 fully saturated rings. The zero-order valence-corrected chi connectivity index (χ0v) is 21.8. The van der Waals surface area contributed by atoms with Gasteiger partial charge in [0.05, 0.1) is 12.6 Å². The molecule has 3 amide bonds. The molecule has 0 spiro atoms. The lowest BCUT2D eigenvalue weighted by molar-refractivity contribution is -0.0575. The third-order valence-electron chi connectivity index (χ3n) is 6.44. The Kier molecular flexibility index (Phi) is 9.42. The predicted molar refractivity (Wildman–Crippen MR) is 145 cm³/mol. The van der Waals surface area contributed by atoms with E-state index in [1.165, 1.54) is 11.1 Å². The maximum absolute atomic E-state index is 11.4. The number of hydrogen-bond donors (Lipinski definition) is 2. The number of carbonyl (C=O) groups is 2. The summed E-state index contributed by atoms with van der Waals surface area (Å²) in [5, 5.41) is 1.44. The van der Waals surface area contributed by atoms with Gasteiger partial charge in [0.25, 0.3) is 0 Å². The highest BCUT2D eigenvalue weighted by atomic mass is 35.5. The molecule has 1 aliphatic rings. The van der Waals surface area contributed by atoms with Crippen molar-refractivity contribution in [3.8, 4) is 5.75 Å². The summed E-state index contributed by atoms with van der Waals surface area (Å²) in [7, 11) is 0. The minimum atomic E-state index is -1.11. The first-order chi connectivity index (χ1) is 18.4. The van der Waals surface area contributed by atoms with Crippen LogP contribution in [0.2, 0.25) is 5.02 Å². The number of piperazine rings is 1. The fourth-order valence-corrected chi connectivity index (χ4v) is 4.68. The molecular formula is C28H32ClN5O4. The van der Waals surface area contributed by atoms with Crippen LogP contribution in [0.1, 0.15) is 22.7 Å². The highest BCUT2D eigenvalue weighted by Crippen LogP contribution is 2.30. The van der Waals surface area contributed by atoms with Crippen LogP contribution in [-0.4, -0.2) is 66.3 Å². The Balaban J connectivity index is 1.26. The van der Waals surface area contributed by atoms with E-state index < -0.39 is 12.1 Å². The van der Waals surface area contributed by atoms with Gasteiger partial charge in [-0.2, -0.15) is 0 Å². The van der Waals surface area contributed by atoms with Gasteiger partial charge >= 0.3 is 12.1 Å². The van der Waals surface area contributed by atoms with Gasteiger partial charge in [-0.15, -0.1) is 5.06 Å². The summed E-state index contributed by atoms with van der Waals surface area (Å²) in [4.78, 5) is 31.8. The molecule has 4 N–H and O–H groups in total. The largest absolute Gasteiger partial charge is 0.492 e. The second-order valence-corrected chi connectivity index (χ2v) is 9.46. The summed E-state index contributed by atoms with van der Waals surface area (Å²) in [5.74, 6) is 0.709. The number of rotatable bonds is 9. The van der Waals surface area contributed by atoms with Gasteiger partial charge in [-0.05, 0) is 41.0 Å². The molecule has 1 saturated heterocycles. The quantitative estimate of drug-likeness (QED) is 0.398. The number of benzene rings is 3. The van der Waals surface area contributed by atoms with Gasteiger partial charge in [-0.1, -0.05) is 66.2 Å². The lowest BCUT2D eigenvalue weighted by Crippen LogP contribution is -2.48. The Morgan fingerprint density at radius 3 is 2.11 bits per heavy atom. The number of hydroxylamine groups is 2. The van der Waals surface area contributed by atoms with E-state index >= 15 is 0 Å². The topological polar surface area (TPSA) is 114 Å². The first kappa shape index (κ1) is 27.3. The number of urea groups is 1. The average Bonchev–Trinajstić information content (AvgIpc) is 2.92. The van der Waals surface area contributed by atoms with Crippen LogP contribution in [0.15, 0.2) is 78.9 Å². The van der Waals surface area contributed by atoms with Gasteiger partial charge in [0.2, 0.25) is 0 Å². The standard InChI is InChI=1S/C28H32ClN5O4/c29-24-10-8-23(9-11-24)26(22-4-2-1-3-5-22)33-16-14-32(15-17-33)18-19-37-25-12-6-21(7-13-25)20-34(27(30)35)38-28(31)36/h1-13,26H,14-20H2,(H2,30,35)(H2,31,36)/t26-/m0/s1. The SMILES string of the molecule is NC(=O)ON(Cc1ccc(OCCN2CCN([C@@H](c3ccccc3)c3ccc(Cl)cc3)CC2)cc1)C(N)=O. The minimum absolute atomic E-state index is 0.0111. The van der Waals surface area contributed by atoms with Crippen molar-refractivity contribution in [1.82, 2.24) is 14.9 Å². The second kappa shape index (κ2) is 13.1. The van der Waals surface area contributed by atoms with Crippen LogP contribution in [-0.2, 0) is 11.4 Å². The first-order valence-corrected chi connectivity index (χ1v) is 12.8. The van der Waals surface area contributed by atoms with E-state index in [0.29, 0.717) is 23.0 Å². The van der Waals surface area contributed by atoms with Crippen LogP contribution in [0.3, 0.4) is 0 Å². The Hall–Kier alpha value is -3.79. The fourth-order valence-electron chi connectivity index (χ4n) is 4.55. The predicted octanol–water partition coefficient (Wildman–Crippen LogP) is 4.02. The van der Waals surface area contributed by atoms with Gasteiger partial charge in [0.1, 0.15) is 12.4 Å². The molecule has 0 aromatic heterocycles. The summed E-state index contributed by atoms with van der Waals surface area (Å²) >= 11 is 6.14. The molecule has 9 nitrogen and oxygen atoms in total. The molecule has 3 aromatic rings. The molecular weight excluding hydrogens is 506 g/mol. The monoisotopic (exact) mass is 537 g/mol. The lowest BCUT2D eigenvalue weighted by atomic mass is 9.96. The zero-order valence-electron chi connectivity index (χ0n) is 21.0. The number of primary amides is 2. The fraction of sp³-hybridized carbons (Fsp3) is 0.286. The van der Waals surface area contributed by atoms with E-state index in [1.807, 2.05) is 18.2 Å². The molecule has 38 heavy (non-hydrogen) atoms. The Bertz CT molecular complexity index is 1190. The molecule has 3 aromatic carbocycles. The van der Waals surface area contributed by atoms with Gasteiger partial charge < -0.3 is 21.0 Å². The Morgan fingerprint density at radius 1 is 0.868 bits per heavy atom. The molecule has 0 unspecified atom stereocenters. The molecule has 1 heterocycles.